The zero-order valence-electron chi connectivity index (χ0n) is 11.1. The average molecular weight is 250 g/mol. The molecule has 0 fully saturated rings. The molecule has 100 valence electrons. The van der Waals surface area contributed by atoms with Crippen molar-refractivity contribution in [1.29, 1.82) is 0 Å². The second-order valence-electron chi connectivity index (χ2n) is 4.17. The van der Waals surface area contributed by atoms with E-state index in [0.29, 0.717) is 18.7 Å². The second kappa shape index (κ2) is 7.71. The molecule has 1 aromatic carbocycles. The van der Waals surface area contributed by atoms with Gasteiger partial charge in [0, 0.05) is 18.2 Å². The second-order valence-corrected chi connectivity index (χ2v) is 4.17. The number of nitrogens with one attached hydrogen (secondary N) is 1. The van der Waals surface area contributed by atoms with E-state index < -0.39 is 0 Å². The number of rotatable bonds is 7. The van der Waals surface area contributed by atoms with Gasteiger partial charge >= 0.3 is 0 Å². The van der Waals surface area contributed by atoms with Crippen LogP contribution in [0.3, 0.4) is 0 Å². The van der Waals surface area contributed by atoms with Crippen LogP contribution in [0.1, 0.15) is 37.0 Å². The Labute approximate surface area is 109 Å². The summed E-state index contributed by atoms with van der Waals surface area (Å²) in [6.07, 6.45) is 1.73. The summed E-state index contributed by atoms with van der Waals surface area (Å²) in [6, 6.07) is 7.29. The fourth-order valence-electron chi connectivity index (χ4n) is 1.55. The van der Waals surface area contributed by atoms with Gasteiger partial charge < -0.3 is 15.8 Å². The van der Waals surface area contributed by atoms with Gasteiger partial charge in [0.1, 0.15) is 5.75 Å². The van der Waals surface area contributed by atoms with Crippen molar-refractivity contribution in [3.63, 3.8) is 0 Å². The lowest BCUT2D eigenvalue weighted by Gasteiger charge is -2.10. The van der Waals surface area contributed by atoms with Crippen LogP contribution in [-0.4, -0.2) is 25.1 Å². The zero-order valence-corrected chi connectivity index (χ0v) is 11.1. The molecule has 0 spiro atoms. The van der Waals surface area contributed by atoms with Gasteiger partial charge in [-0.05, 0) is 44.0 Å². The molecule has 4 heteroatoms. The van der Waals surface area contributed by atoms with Crippen LogP contribution >= 0.6 is 0 Å². The van der Waals surface area contributed by atoms with Crippen molar-refractivity contribution in [3.05, 3.63) is 29.8 Å². The molecule has 0 aliphatic rings. The van der Waals surface area contributed by atoms with Gasteiger partial charge in [-0.15, -0.1) is 0 Å². The summed E-state index contributed by atoms with van der Waals surface area (Å²) in [7, 11) is 0. The third-order valence-corrected chi connectivity index (χ3v) is 2.75. The van der Waals surface area contributed by atoms with Crippen LogP contribution in [0.2, 0.25) is 0 Å². The Balaban J connectivity index is 2.41. The minimum absolute atomic E-state index is 0.0682. The number of ether oxygens (including phenoxy) is 1. The Hall–Kier alpha value is -1.55. The molecule has 0 bridgehead atoms. The van der Waals surface area contributed by atoms with Crippen LogP contribution in [0.4, 0.5) is 0 Å². The first kappa shape index (κ1) is 14.5. The molecule has 1 amide bonds. The molecular weight excluding hydrogens is 228 g/mol. The molecule has 1 atom stereocenters. The summed E-state index contributed by atoms with van der Waals surface area (Å²) in [5, 5.41) is 2.86. The maximum Gasteiger partial charge on any atom is 0.251 e. The molecule has 0 aliphatic carbocycles. The maximum absolute atomic E-state index is 11.8. The van der Waals surface area contributed by atoms with E-state index in [9.17, 15) is 4.79 Å². The first-order valence-electron chi connectivity index (χ1n) is 6.44. The fourth-order valence-corrected chi connectivity index (χ4v) is 1.55. The van der Waals surface area contributed by atoms with Crippen LogP contribution in [0, 0.1) is 0 Å². The number of benzene rings is 1. The normalized spacial score (nSPS) is 11.9. The first-order chi connectivity index (χ1) is 8.67. The van der Waals surface area contributed by atoms with E-state index >= 15 is 0 Å². The van der Waals surface area contributed by atoms with Crippen molar-refractivity contribution in [3.8, 4) is 5.75 Å². The number of amides is 1. The molecule has 0 saturated carbocycles. The molecule has 0 heterocycles. The molecule has 3 N–H and O–H groups in total. The van der Waals surface area contributed by atoms with Gasteiger partial charge in [0.15, 0.2) is 0 Å². The molecule has 1 unspecified atom stereocenters. The van der Waals surface area contributed by atoms with Crippen LogP contribution < -0.4 is 15.8 Å². The van der Waals surface area contributed by atoms with Gasteiger partial charge in [0.05, 0.1) is 6.61 Å². The van der Waals surface area contributed by atoms with E-state index in [-0.39, 0.29) is 11.9 Å². The topological polar surface area (TPSA) is 64.3 Å². The molecule has 0 aliphatic heterocycles. The van der Waals surface area contributed by atoms with Crippen molar-refractivity contribution < 1.29 is 9.53 Å². The lowest BCUT2D eigenvalue weighted by Crippen LogP contribution is -2.30. The summed E-state index contributed by atoms with van der Waals surface area (Å²) in [6.45, 7) is 5.21. The summed E-state index contributed by atoms with van der Waals surface area (Å²) in [5.41, 5.74) is 6.43. The number of carbonyl (C=O) groups is 1. The third kappa shape index (κ3) is 4.75. The Morgan fingerprint density at radius 2 is 2.00 bits per heavy atom. The average Bonchev–Trinajstić information content (AvgIpc) is 2.39. The predicted octanol–water partition coefficient (Wildman–Crippen LogP) is 1.94. The van der Waals surface area contributed by atoms with E-state index in [4.69, 9.17) is 10.5 Å². The van der Waals surface area contributed by atoms with E-state index in [1.165, 1.54) is 0 Å². The highest BCUT2D eigenvalue weighted by molar-refractivity contribution is 5.94. The van der Waals surface area contributed by atoms with Gasteiger partial charge in [-0.2, -0.15) is 0 Å². The highest BCUT2D eigenvalue weighted by Gasteiger charge is 2.06. The van der Waals surface area contributed by atoms with Gasteiger partial charge in [-0.25, -0.2) is 0 Å². The summed E-state index contributed by atoms with van der Waals surface area (Å²) in [5.74, 6) is 0.711. The van der Waals surface area contributed by atoms with Crippen molar-refractivity contribution in [2.24, 2.45) is 5.73 Å². The van der Waals surface area contributed by atoms with Gasteiger partial charge in [0.2, 0.25) is 0 Å². The van der Waals surface area contributed by atoms with E-state index in [0.717, 1.165) is 18.6 Å². The van der Waals surface area contributed by atoms with Crippen molar-refractivity contribution in [2.75, 3.05) is 13.2 Å². The third-order valence-electron chi connectivity index (χ3n) is 2.75. The predicted molar refractivity (Wildman–Crippen MR) is 72.8 cm³/mol. The quantitative estimate of drug-likeness (QED) is 0.777. The molecule has 0 aromatic heterocycles. The molecular formula is C14H22N2O2. The van der Waals surface area contributed by atoms with Crippen LogP contribution in [0.5, 0.6) is 5.75 Å². The van der Waals surface area contributed by atoms with Gasteiger partial charge in [-0.1, -0.05) is 6.92 Å². The maximum atomic E-state index is 11.8. The molecule has 4 nitrogen and oxygen atoms in total. The minimum atomic E-state index is -0.0682. The summed E-state index contributed by atoms with van der Waals surface area (Å²) >= 11 is 0. The first-order valence-corrected chi connectivity index (χ1v) is 6.44. The SMILES string of the molecule is CCOc1ccc(C(=O)NCCC(N)CC)cc1. The Morgan fingerprint density at radius 3 is 2.56 bits per heavy atom. The lowest BCUT2D eigenvalue weighted by atomic mass is 10.1. The highest BCUT2D eigenvalue weighted by atomic mass is 16.5. The smallest absolute Gasteiger partial charge is 0.251 e. The van der Waals surface area contributed by atoms with Crippen LogP contribution in [-0.2, 0) is 0 Å². The highest BCUT2D eigenvalue weighted by Crippen LogP contribution is 2.11. The molecule has 1 aromatic rings. The molecule has 0 radical (unpaired) electrons. The summed E-state index contributed by atoms with van der Waals surface area (Å²) < 4.78 is 5.32. The minimum Gasteiger partial charge on any atom is -0.494 e. The number of carbonyl (C=O) groups excluding carboxylic acids is 1. The lowest BCUT2D eigenvalue weighted by molar-refractivity contribution is 0.0952. The van der Waals surface area contributed by atoms with Crippen molar-refractivity contribution >= 4 is 5.91 Å². The Bertz CT molecular complexity index is 363. The van der Waals surface area contributed by atoms with Crippen LogP contribution in [0.15, 0.2) is 24.3 Å². The van der Waals surface area contributed by atoms with Crippen molar-refractivity contribution in [1.82, 2.24) is 5.32 Å². The Morgan fingerprint density at radius 1 is 1.33 bits per heavy atom. The summed E-state index contributed by atoms with van der Waals surface area (Å²) in [4.78, 5) is 11.8. The molecule has 1 rings (SSSR count). The van der Waals surface area contributed by atoms with E-state index in [1.807, 2.05) is 13.8 Å². The monoisotopic (exact) mass is 250 g/mol. The zero-order chi connectivity index (χ0) is 13.4. The standard InChI is InChI=1S/C14H22N2O2/c1-3-12(15)9-10-16-14(17)11-5-7-13(8-6-11)18-4-2/h5-8,12H,3-4,9-10,15H2,1-2H3,(H,16,17). The fraction of sp³-hybridized carbons (Fsp3) is 0.500. The number of hydrogen-bond acceptors (Lipinski definition) is 3. The number of nitrogens with two attached hydrogens (primary N) is 1. The molecule has 18 heavy (non-hydrogen) atoms. The number of hydrogen-bond donors (Lipinski definition) is 2. The molecule has 0 saturated heterocycles. The largest absolute Gasteiger partial charge is 0.494 e. The van der Waals surface area contributed by atoms with Crippen LogP contribution in [0.25, 0.3) is 0 Å². The van der Waals surface area contributed by atoms with Gasteiger partial charge in [-0.3, -0.25) is 4.79 Å². The van der Waals surface area contributed by atoms with Gasteiger partial charge in [0.25, 0.3) is 5.91 Å². The Kier molecular flexibility index (Phi) is 6.22. The van der Waals surface area contributed by atoms with Crippen molar-refractivity contribution in [2.45, 2.75) is 32.7 Å². The van der Waals surface area contributed by atoms with E-state index in [1.54, 1.807) is 24.3 Å². The van der Waals surface area contributed by atoms with E-state index in [2.05, 4.69) is 5.32 Å².